The number of nitrogens with zero attached hydrogens (tertiary/aromatic N) is 1. The minimum Gasteiger partial charge on any atom is -0.493 e. The Bertz CT molecular complexity index is 912. The Morgan fingerprint density at radius 3 is 2.63 bits per heavy atom. The van der Waals surface area contributed by atoms with E-state index in [-0.39, 0.29) is 12.4 Å². The van der Waals surface area contributed by atoms with Crippen LogP contribution in [0, 0.1) is 13.8 Å². The molecule has 0 aliphatic rings. The van der Waals surface area contributed by atoms with Gasteiger partial charge in [0, 0.05) is 12.0 Å². The van der Waals surface area contributed by atoms with Crippen molar-refractivity contribution < 1.29 is 18.7 Å². The summed E-state index contributed by atoms with van der Waals surface area (Å²) in [6, 6.07) is 15.6. The number of hydrogen-bond donors (Lipinski definition) is 0. The molecule has 1 aromatic heterocycles. The molecule has 0 saturated heterocycles. The molecule has 0 atom stereocenters. The molecule has 0 unspecified atom stereocenters. The van der Waals surface area contributed by atoms with E-state index in [1.807, 2.05) is 62.4 Å². The third-order valence-electron chi connectivity index (χ3n) is 4.27. The number of aryl methyl sites for hydroxylation is 2. The smallest absolute Gasteiger partial charge is 0.309 e. The number of esters is 1. The van der Waals surface area contributed by atoms with Crippen LogP contribution in [-0.4, -0.2) is 24.7 Å². The second-order valence-corrected chi connectivity index (χ2v) is 6.39. The first-order valence-electron chi connectivity index (χ1n) is 8.87. The Balaban J connectivity index is 1.60. The van der Waals surface area contributed by atoms with E-state index in [9.17, 15) is 4.79 Å². The van der Waals surface area contributed by atoms with Gasteiger partial charge < -0.3 is 13.9 Å². The lowest BCUT2D eigenvalue weighted by Crippen LogP contribution is -2.06. The zero-order valence-corrected chi connectivity index (χ0v) is 15.8. The normalized spacial score (nSPS) is 10.6. The largest absolute Gasteiger partial charge is 0.493 e. The lowest BCUT2D eigenvalue weighted by molar-refractivity contribution is -0.139. The van der Waals surface area contributed by atoms with Crippen molar-refractivity contribution in [2.45, 2.75) is 26.7 Å². The van der Waals surface area contributed by atoms with Crippen molar-refractivity contribution >= 4 is 5.97 Å². The Labute approximate surface area is 159 Å². The van der Waals surface area contributed by atoms with E-state index in [0.29, 0.717) is 18.9 Å². The summed E-state index contributed by atoms with van der Waals surface area (Å²) in [5.74, 6) is 1.88. The number of benzene rings is 2. The van der Waals surface area contributed by atoms with E-state index in [2.05, 4.69) is 4.98 Å². The molecule has 0 radical (unpaired) electrons. The molecule has 27 heavy (non-hydrogen) atoms. The van der Waals surface area contributed by atoms with Gasteiger partial charge in [0.2, 0.25) is 5.89 Å². The van der Waals surface area contributed by atoms with Crippen LogP contribution in [0.25, 0.3) is 11.5 Å². The van der Waals surface area contributed by atoms with Gasteiger partial charge in [0.15, 0.2) is 0 Å². The van der Waals surface area contributed by atoms with Gasteiger partial charge in [-0.3, -0.25) is 4.79 Å². The molecular weight excluding hydrogens is 342 g/mol. The highest BCUT2D eigenvalue weighted by molar-refractivity contribution is 5.72. The third kappa shape index (κ3) is 4.97. The molecule has 5 heteroatoms. The van der Waals surface area contributed by atoms with Gasteiger partial charge in [-0.05, 0) is 43.7 Å². The Hall–Kier alpha value is -3.08. The second-order valence-electron chi connectivity index (χ2n) is 6.39. The van der Waals surface area contributed by atoms with Crippen molar-refractivity contribution in [3.05, 3.63) is 71.1 Å². The highest BCUT2D eigenvalue weighted by atomic mass is 16.5. The number of aromatic nitrogens is 1. The molecule has 3 rings (SSSR count). The van der Waals surface area contributed by atoms with E-state index in [4.69, 9.17) is 13.9 Å². The quantitative estimate of drug-likeness (QED) is 0.584. The molecule has 0 saturated carbocycles. The molecule has 0 amide bonds. The molecule has 0 N–H and O–H groups in total. The molecular formula is C22H23NO4. The topological polar surface area (TPSA) is 61.6 Å². The summed E-state index contributed by atoms with van der Waals surface area (Å²) in [7, 11) is 1.38. The van der Waals surface area contributed by atoms with Crippen LogP contribution >= 0.6 is 0 Å². The van der Waals surface area contributed by atoms with Crippen LogP contribution in [0.5, 0.6) is 5.75 Å². The van der Waals surface area contributed by atoms with Crippen LogP contribution in [0.2, 0.25) is 0 Å². The maximum atomic E-state index is 11.4. The minimum atomic E-state index is -0.269. The lowest BCUT2D eigenvalue weighted by Gasteiger charge is -2.07. The molecule has 0 bridgehead atoms. The van der Waals surface area contributed by atoms with Gasteiger partial charge in [0.25, 0.3) is 0 Å². The van der Waals surface area contributed by atoms with Gasteiger partial charge in [0.1, 0.15) is 11.5 Å². The molecule has 3 aromatic rings. The average Bonchev–Trinajstić information content (AvgIpc) is 3.03. The molecule has 0 fully saturated rings. The summed E-state index contributed by atoms with van der Waals surface area (Å²) in [5.41, 5.74) is 3.91. The fourth-order valence-electron chi connectivity index (χ4n) is 2.73. The van der Waals surface area contributed by atoms with Crippen molar-refractivity contribution in [1.82, 2.24) is 4.98 Å². The maximum absolute atomic E-state index is 11.4. The average molecular weight is 365 g/mol. The number of ether oxygens (including phenoxy) is 2. The van der Waals surface area contributed by atoms with E-state index >= 15 is 0 Å². The highest BCUT2D eigenvalue weighted by Crippen LogP contribution is 2.22. The SMILES string of the molecule is COC(=O)Cc1cccc(OCCc2nc(-c3ccc(C)cc3)oc2C)c1. The summed E-state index contributed by atoms with van der Waals surface area (Å²) < 4.78 is 16.3. The summed E-state index contributed by atoms with van der Waals surface area (Å²) in [6.07, 6.45) is 0.873. The van der Waals surface area contributed by atoms with Crippen LogP contribution in [0.4, 0.5) is 0 Å². The summed E-state index contributed by atoms with van der Waals surface area (Å²) in [5, 5.41) is 0. The summed E-state index contributed by atoms with van der Waals surface area (Å²) >= 11 is 0. The van der Waals surface area contributed by atoms with Crippen molar-refractivity contribution in [3.8, 4) is 17.2 Å². The van der Waals surface area contributed by atoms with Gasteiger partial charge >= 0.3 is 5.97 Å². The fourth-order valence-corrected chi connectivity index (χ4v) is 2.73. The Morgan fingerprint density at radius 1 is 1.11 bits per heavy atom. The summed E-state index contributed by atoms with van der Waals surface area (Å²) in [4.78, 5) is 16.0. The maximum Gasteiger partial charge on any atom is 0.309 e. The number of carbonyl (C=O) groups is 1. The van der Waals surface area contributed by atoms with Crippen molar-refractivity contribution in [2.75, 3.05) is 13.7 Å². The van der Waals surface area contributed by atoms with E-state index < -0.39 is 0 Å². The number of oxazole rings is 1. The summed E-state index contributed by atoms with van der Waals surface area (Å²) in [6.45, 7) is 4.44. The third-order valence-corrected chi connectivity index (χ3v) is 4.27. The van der Waals surface area contributed by atoms with Crippen LogP contribution in [0.3, 0.4) is 0 Å². The predicted molar refractivity (Wildman–Crippen MR) is 103 cm³/mol. The molecule has 0 aliphatic heterocycles. The Morgan fingerprint density at radius 2 is 1.89 bits per heavy atom. The molecule has 1 heterocycles. The second kappa shape index (κ2) is 8.54. The number of carbonyl (C=O) groups excluding carboxylic acids is 1. The van der Waals surface area contributed by atoms with Crippen molar-refractivity contribution in [1.29, 1.82) is 0 Å². The zero-order chi connectivity index (χ0) is 19.2. The van der Waals surface area contributed by atoms with Crippen LogP contribution in [0.15, 0.2) is 52.9 Å². The van der Waals surface area contributed by atoms with E-state index in [0.717, 1.165) is 28.3 Å². The number of rotatable bonds is 7. The van der Waals surface area contributed by atoms with Gasteiger partial charge in [-0.1, -0.05) is 29.8 Å². The van der Waals surface area contributed by atoms with Gasteiger partial charge in [-0.2, -0.15) is 0 Å². The van der Waals surface area contributed by atoms with Crippen molar-refractivity contribution in [3.63, 3.8) is 0 Å². The van der Waals surface area contributed by atoms with Gasteiger partial charge in [-0.25, -0.2) is 4.98 Å². The van der Waals surface area contributed by atoms with Gasteiger partial charge in [-0.15, -0.1) is 0 Å². The highest BCUT2D eigenvalue weighted by Gasteiger charge is 2.11. The van der Waals surface area contributed by atoms with E-state index in [1.54, 1.807) is 0 Å². The van der Waals surface area contributed by atoms with Crippen molar-refractivity contribution in [2.24, 2.45) is 0 Å². The Kier molecular flexibility index (Phi) is 5.91. The minimum absolute atomic E-state index is 0.232. The fraction of sp³-hybridized carbons (Fsp3) is 0.273. The van der Waals surface area contributed by atoms with Crippen LogP contribution in [-0.2, 0) is 22.4 Å². The molecule has 2 aromatic carbocycles. The number of hydrogen-bond acceptors (Lipinski definition) is 5. The predicted octanol–water partition coefficient (Wildman–Crippen LogP) is 4.30. The number of methoxy groups -OCH3 is 1. The van der Waals surface area contributed by atoms with Crippen LogP contribution < -0.4 is 4.74 Å². The zero-order valence-electron chi connectivity index (χ0n) is 15.8. The first kappa shape index (κ1) is 18.7. The first-order valence-corrected chi connectivity index (χ1v) is 8.87. The lowest BCUT2D eigenvalue weighted by atomic mass is 10.1. The molecule has 5 nitrogen and oxygen atoms in total. The standard InChI is InChI=1S/C22H23NO4/c1-15-7-9-18(10-8-15)22-23-20(16(2)27-22)11-12-26-19-6-4-5-17(13-19)14-21(24)25-3/h4-10,13H,11-12,14H2,1-3H3. The molecule has 0 aliphatic carbocycles. The first-order chi connectivity index (χ1) is 13.0. The molecule has 0 spiro atoms. The van der Waals surface area contributed by atoms with Gasteiger partial charge in [0.05, 0.1) is 25.8 Å². The van der Waals surface area contributed by atoms with Crippen LogP contribution in [0.1, 0.15) is 22.6 Å². The monoisotopic (exact) mass is 365 g/mol. The molecule has 140 valence electrons. The van der Waals surface area contributed by atoms with E-state index in [1.165, 1.54) is 12.7 Å².